The molecule has 0 bridgehead atoms. The molecule has 0 aliphatic heterocycles. The van der Waals surface area contributed by atoms with Gasteiger partial charge in [0.15, 0.2) is 0 Å². The Hall–Kier alpha value is -2.53. The smallest absolute Gasteiger partial charge is 0.243 e. The molecule has 0 fully saturated rings. The van der Waals surface area contributed by atoms with E-state index in [9.17, 15) is 16.8 Å². The van der Waals surface area contributed by atoms with Gasteiger partial charge in [-0.2, -0.15) is 9.40 Å². The van der Waals surface area contributed by atoms with Gasteiger partial charge >= 0.3 is 0 Å². The Morgan fingerprint density at radius 3 is 2.06 bits per heavy atom. The number of aryl methyl sites for hydroxylation is 2. The molecule has 0 unspecified atom stereocenters. The summed E-state index contributed by atoms with van der Waals surface area (Å²) in [5, 5.41) is 4.47. The Kier molecular flexibility index (Phi) is 7.73. The van der Waals surface area contributed by atoms with Crippen LogP contribution >= 0.6 is 0 Å². The van der Waals surface area contributed by atoms with Gasteiger partial charge in [0.1, 0.15) is 0 Å². The fraction of sp³-hybridized carbons (Fsp3) is 0.348. The second kappa shape index (κ2) is 10.2. The molecule has 0 saturated carbocycles. The third-order valence-electron chi connectivity index (χ3n) is 5.37. The molecular formula is C23H30N4O4S2. The van der Waals surface area contributed by atoms with Crippen molar-refractivity contribution in [2.24, 2.45) is 0 Å². The van der Waals surface area contributed by atoms with Crippen LogP contribution in [-0.2, 0) is 33.1 Å². The predicted molar refractivity (Wildman–Crippen MR) is 128 cm³/mol. The van der Waals surface area contributed by atoms with Crippen LogP contribution in [0.25, 0.3) is 0 Å². The van der Waals surface area contributed by atoms with Crippen LogP contribution in [0.4, 0.5) is 0 Å². The largest absolute Gasteiger partial charge is 0.265 e. The molecule has 0 amide bonds. The lowest BCUT2D eigenvalue weighted by atomic mass is 10.1. The van der Waals surface area contributed by atoms with Gasteiger partial charge in [0.25, 0.3) is 0 Å². The summed E-state index contributed by atoms with van der Waals surface area (Å²) in [7, 11) is -7.44. The molecule has 3 rings (SSSR count). The molecule has 33 heavy (non-hydrogen) atoms. The molecule has 0 spiro atoms. The molecule has 1 aromatic heterocycles. The number of rotatable bonds is 10. The molecular weight excluding hydrogens is 460 g/mol. The van der Waals surface area contributed by atoms with Gasteiger partial charge < -0.3 is 0 Å². The second-order valence-corrected chi connectivity index (χ2v) is 11.5. The zero-order valence-corrected chi connectivity index (χ0v) is 20.9. The first-order valence-electron chi connectivity index (χ1n) is 10.8. The molecule has 0 atom stereocenters. The van der Waals surface area contributed by atoms with Gasteiger partial charge in [-0.25, -0.2) is 21.6 Å². The molecule has 0 radical (unpaired) electrons. The third-order valence-corrected chi connectivity index (χ3v) is 8.85. The van der Waals surface area contributed by atoms with Crippen molar-refractivity contribution < 1.29 is 16.8 Å². The van der Waals surface area contributed by atoms with E-state index in [1.165, 1.54) is 28.6 Å². The molecule has 178 valence electrons. The minimum Gasteiger partial charge on any atom is -0.265 e. The summed E-state index contributed by atoms with van der Waals surface area (Å²) in [5.41, 5.74) is 3.85. The number of nitrogens with zero attached hydrogens (tertiary/aromatic N) is 3. The molecule has 0 aliphatic rings. The van der Waals surface area contributed by atoms with Gasteiger partial charge in [0, 0.05) is 25.3 Å². The van der Waals surface area contributed by atoms with Gasteiger partial charge in [-0.1, -0.05) is 38.1 Å². The number of aromatic nitrogens is 2. The summed E-state index contributed by atoms with van der Waals surface area (Å²) in [6.45, 7) is 8.87. The second-order valence-electron chi connectivity index (χ2n) is 7.79. The lowest BCUT2D eigenvalue weighted by Crippen LogP contribution is -2.30. The molecule has 10 heteroatoms. The van der Waals surface area contributed by atoms with E-state index in [2.05, 4.69) is 9.82 Å². The predicted octanol–water partition coefficient (Wildman–Crippen LogP) is 3.06. The molecule has 2 aromatic carbocycles. The first kappa shape index (κ1) is 25.1. The number of sulfonamides is 2. The van der Waals surface area contributed by atoms with Gasteiger partial charge in [-0.3, -0.25) is 4.68 Å². The zero-order valence-electron chi connectivity index (χ0n) is 19.3. The molecule has 8 nitrogen and oxygen atoms in total. The van der Waals surface area contributed by atoms with E-state index >= 15 is 0 Å². The van der Waals surface area contributed by atoms with Crippen LogP contribution in [0.2, 0.25) is 0 Å². The first-order chi connectivity index (χ1) is 15.6. The number of benzene rings is 2. The van der Waals surface area contributed by atoms with E-state index in [-0.39, 0.29) is 16.3 Å². The SMILES string of the molecule is CCN(CC)S(=O)(=O)c1ccc(S(=O)(=O)NCc2cccc(Cn3nc(C)cc3C)c2)cc1. The molecule has 0 saturated heterocycles. The summed E-state index contributed by atoms with van der Waals surface area (Å²) in [6, 6.07) is 15.0. The van der Waals surface area contributed by atoms with Crippen molar-refractivity contribution in [2.75, 3.05) is 13.1 Å². The Labute approximate surface area is 196 Å². The maximum atomic E-state index is 12.8. The zero-order chi connectivity index (χ0) is 24.2. The molecule has 0 aliphatic carbocycles. The minimum atomic E-state index is -3.80. The number of hydrogen-bond acceptors (Lipinski definition) is 5. The summed E-state index contributed by atoms with van der Waals surface area (Å²) in [4.78, 5) is 0.0850. The van der Waals surface area contributed by atoms with Crippen molar-refractivity contribution in [3.05, 3.63) is 77.1 Å². The summed E-state index contributed by atoms with van der Waals surface area (Å²) in [5.74, 6) is 0. The molecule has 1 heterocycles. The van der Waals surface area contributed by atoms with Crippen molar-refractivity contribution >= 4 is 20.0 Å². The van der Waals surface area contributed by atoms with E-state index < -0.39 is 20.0 Å². The highest BCUT2D eigenvalue weighted by atomic mass is 32.2. The van der Waals surface area contributed by atoms with Crippen LogP contribution in [0.3, 0.4) is 0 Å². The Balaban J connectivity index is 1.71. The van der Waals surface area contributed by atoms with Crippen LogP contribution in [-0.4, -0.2) is 44.0 Å². The monoisotopic (exact) mass is 490 g/mol. The highest BCUT2D eigenvalue weighted by Gasteiger charge is 2.22. The van der Waals surface area contributed by atoms with E-state index in [0.29, 0.717) is 19.6 Å². The maximum Gasteiger partial charge on any atom is 0.243 e. The van der Waals surface area contributed by atoms with E-state index in [4.69, 9.17) is 0 Å². The van der Waals surface area contributed by atoms with Crippen LogP contribution in [0.1, 0.15) is 36.4 Å². The topological polar surface area (TPSA) is 101 Å². The summed E-state index contributed by atoms with van der Waals surface area (Å²) in [6.07, 6.45) is 0. The van der Waals surface area contributed by atoms with E-state index in [1.54, 1.807) is 13.8 Å². The first-order valence-corrected chi connectivity index (χ1v) is 13.7. The summed E-state index contributed by atoms with van der Waals surface area (Å²) < 4.78 is 56.5. The average Bonchev–Trinajstić information content (AvgIpc) is 3.10. The van der Waals surface area contributed by atoms with Crippen molar-refractivity contribution in [1.29, 1.82) is 0 Å². The van der Waals surface area contributed by atoms with Crippen LogP contribution < -0.4 is 4.72 Å². The number of hydrogen-bond donors (Lipinski definition) is 1. The minimum absolute atomic E-state index is 0.0137. The fourth-order valence-electron chi connectivity index (χ4n) is 3.61. The highest BCUT2D eigenvalue weighted by molar-refractivity contribution is 7.89. The average molecular weight is 491 g/mol. The van der Waals surface area contributed by atoms with Crippen LogP contribution in [0, 0.1) is 13.8 Å². The highest BCUT2D eigenvalue weighted by Crippen LogP contribution is 2.19. The van der Waals surface area contributed by atoms with E-state index in [1.807, 2.05) is 48.9 Å². The Morgan fingerprint density at radius 1 is 0.879 bits per heavy atom. The van der Waals surface area contributed by atoms with Crippen molar-refractivity contribution in [1.82, 2.24) is 18.8 Å². The van der Waals surface area contributed by atoms with Crippen molar-refractivity contribution in [3.8, 4) is 0 Å². The standard InChI is InChI=1S/C23H30N4O4S2/c1-5-26(6-2)33(30,31)23-12-10-22(11-13-23)32(28,29)24-16-20-8-7-9-21(15-20)17-27-19(4)14-18(3)25-27/h7-15,24H,5-6,16-17H2,1-4H3. The Bertz CT molecular complexity index is 1310. The Morgan fingerprint density at radius 2 is 1.48 bits per heavy atom. The number of nitrogens with one attached hydrogen (secondary N) is 1. The normalized spacial score (nSPS) is 12.4. The maximum absolute atomic E-state index is 12.8. The van der Waals surface area contributed by atoms with Gasteiger partial charge in [0.2, 0.25) is 20.0 Å². The lowest BCUT2D eigenvalue weighted by molar-refractivity contribution is 0.445. The lowest BCUT2D eigenvalue weighted by Gasteiger charge is -2.18. The summed E-state index contributed by atoms with van der Waals surface area (Å²) >= 11 is 0. The van der Waals surface area contributed by atoms with Gasteiger partial charge in [-0.15, -0.1) is 0 Å². The van der Waals surface area contributed by atoms with Crippen molar-refractivity contribution in [3.63, 3.8) is 0 Å². The quantitative estimate of drug-likeness (QED) is 0.471. The van der Waals surface area contributed by atoms with Gasteiger partial charge in [-0.05, 0) is 55.3 Å². The molecule has 3 aromatic rings. The van der Waals surface area contributed by atoms with Crippen molar-refractivity contribution in [2.45, 2.75) is 50.6 Å². The molecule has 1 N–H and O–H groups in total. The fourth-order valence-corrected chi connectivity index (χ4v) is 6.09. The van der Waals surface area contributed by atoms with E-state index in [0.717, 1.165) is 22.5 Å². The van der Waals surface area contributed by atoms with Crippen LogP contribution in [0.5, 0.6) is 0 Å². The third kappa shape index (κ3) is 5.89. The van der Waals surface area contributed by atoms with Crippen LogP contribution in [0.15, 0.2) is 64.4 Å². The van der Waals surface area contributed by atoms with Gasteiger partial charge in [0.05, 0.1) is 22.0 Å².